The van der Waals surface area contributed by atoms with Crippen LogP contribution in [0.25, 0.3) is 11.3 Å². The van der Waals surface area contributed by atoms with Crippen LogP contribution in [0, 0.1) is 5.92 Å². The van der Waals surface area contributed by atoms with E-state index in [2.05, 4.69) is 87.2 Å². The highest BCUT2D eigenvalue weighted by atomic mass is 16.5. The van der Waals surface area contributed by atoms with E-state index >= 15 is 0 Å². The lowest BCUT2D eigenvalue weighted by molar-refractivity contribution is 0.231. The summed E-state index contributed by atoms with van der Waals surface area (Å²) < 4.78 is 25.1. The van der Waals surface area contributed by atoms with Crippen molar-refractivity contribution in [1.82, 2.24) is 0 Å². The summed E-state index contributed by atoms with van der Waals surface area (Å²) in [6.07, 6.45) is 21.7. The van der Waals surface area contributed by atoms with Crippen molar-refractivity contribution in [2.75, 3.05) is 33.5 Å². The maximum atomic E-state index is 6.73. The molecule has 7 nitrogen and oxygen atoms in total. The lowest BCUT2D eigenvalue weighted by Gasteiger charge is -2.18. The molecule has 1 unspecified atom stereocenters. The molecule has 5 aromatic rings. The quantitative estimate of drug-likeness (QED) is 0.0257. The van der Waals surface area contributed by atoms with Crippen LogP contribution in [0.1, 0.15) is 158 Å². The highest BCUT2D eigenvalue weighted by Crippen LogP contribution is 2.32. The number of benzene rings is 5. The number of nitrogens with zero attached hydrogens (tertiary/aromatic N) is 2. The largest absolute Gasteiger partial charge is 0.497 e. The van der Waals surface area contributed by atoms with Gasteiger partial charge in [0.1, 0.15) is 23.0 Å². The molecule has 5 aromatic carbocycles. The topological polar surface area (TPSA) is 87.7 Å². The van der Waals surface area contributed by atoms with E-state index in [0.717, 1.165) is 104 Å². The van der Waals surface area contributed by atoms with Crippen LogP contribution in [-0.2, 0) is 0 Å². The monoisotopic (exact) mass is 932 g/mol. The van der Waals surface area contributed by atoms with E-state index in [1.807, 2.05) is 73.7 Å². The normalized spacial score (nSPS) is 12.1. The number of rotatable bonds is 33. The lowest BCUT2D eigenvalue weighted by atomic mass is 9.96. The van der Waals surface area contributed by atoms with Crippen molar-refractivity contribution in [1.29, 1.82) is 0 Å². The SMILES string of the molecule is C=C(N=C(N=C(C)c1ccc(OC)cc1)c1ccc(OCC(CC)CCCC)cc1OCCCCCCCCC=C(c1ccccc1)c1ccccc1)c1ccccc1OCCCCCCCCN. The lowest BCUT2D eigenvalue weighted by Crippen LogP contribution is -2.12. The van der Waals surface area contributed by atoms with E-state index in [0.29, 0.717) is 43.0 Å². The van der Waals surface area contributed by atoms with Gasteiger partial charge in [0.2, 0.25) is 0 Å². The van der Waals surface area contributed by atoms with Gasteiger partial charge in [-0.05, 0) is 129 Å². The van der Waals surface area contributed by atoms with E-state index < -0.39 is 0 Å². The number of amidine groups is 1. The third-order valence-electron chi connectivity index (χ3n) is 12.7. The molecule has 69 heavy (non-hydrogen) atoms. The molecule has 368 valence electrons. The molecule has 2 N–H and O–H groups in total. The second kappa shape index (κ2) is 32.0. The summed E-state index contributed by atoms with van der Waals surface area (Å²) in [5.74, 6) is 4.04. The summed E-state index contributed by atoms with van der Waals surface area (Å²) in [6.45, 7) is 13.6. The van der Waals surface area contributed by atoms with Gasteiger partial charge in [0.05, 0.1) is 38.2 Å². The Labute approximate surface area is 416 Å². The van der Waals surface area contributed by atoms with E-state index in [9.17, 15) is 0 Å². The van der Waals surface area contributed by atoms with Crippen molar-refractivity contribution in [3.8, 4) is 23.0 Å². The minimum Gasteiger partial charge on any atom is -0.497 e. The number of allylic oxidation sites excluding steroid dienone is 1. The highest BCUT2D eigenvalue weighted by Gasteiger charge is 2.17. The molecule has 0 aromatic heterocycles. The Bertz CT molecular complexity index is 2260. The molecule has 0 amide bonds. The van der Waals surface area contributed by atoms with Gasteiger partial charge in [-0.1, -0.05) is 170 Å². The second-order valence-electron chi connectivity index (χ2n) is 18.1. The fourth-order valence-electron chi connectivity index (χ4n) is 8.38. The standard InChI is InChI=1S/C62H81N3O4/c1-6-8-30-51(7-2)48-69-56-42-43-59(61(47-56)68-46-29-16-12-9-10-14-24-36-58(53-31-20-18-21-32-53)54-33-22-19-23-34-54)62(64-49(3)52-38-40-55(66-5)41-39-52)65-50(4)57-35-25-26-37-60(57)67-45-28-17-13-11-15-27-44-63/h18-23,25-26,31-43,47,51H,4,6-17,24,27-30,44-46,48,63H2,1-3,5H3. The van der Waals surface area contributed by atoms with Crippen molar-refractivity contribution >= 4 is 22.8 Å². The van der Waals surface area contributed by atoms with Gasteiger partial charge in [0, 0.05) is 17.3 Å². The first-order chi connectivity index (χ1) is 33.9. The van der Waals surface area contributed by atoms with E-state index in [4.69, 9.17) is 34.7 Å². The van der Waals surface area contributed by atoms with Gasteiger partial charge in [-0.25, -0.2) is 9.98 Å². The minimum atomic E-state index is 0.501. The molecule has 7 heteroatoms. The number of hydrogen-bond donors (Lipinski definition) is 1. The number of unbranched alkanes of at least 4 members (excludes halogenated alkanes) is 12. The molecule has 0 fully saturated rings. The smallest absolute Gasteiger partial charge is 0.163 e. The highest BCUT2D eigenvalue weighted by molar-refractivity contribution is 6.13. The van der Waals surface area contributed by atoms with Crippen LogP contribution in [0.15, 0.2) is 150 Å². The molecular formula is C62H81N3O4. The molecule has 0 radical (unpaired) electrons. The van der Waals surface area contributed by atoms with Crippen LogP contribution in [0.2, 0.25) is 0 Å². The van der Waals surface area contributed by atoms with Gasteiger partial charge in [0.15, 0.2) is 5.84 Å². The minimum absolute atomic E-state index is 0.501. The van der Waals surface area contributed by atoms with Gasteiger partial charge in [-0.15, -0.1) is 0 Å². The third-order valence-corrected chi connectivity index (χ3v) is 12.7. The average molecular weight is 932 g/mol. The molecule has 5 rings (SSSR count). The zero-order valence-corrected chi connectivity index (χ0v) is 42.4. The Hall–Kier alpha value is -5.92. The Morgan fingerprint density at radius 2 is 1.16 bits per heavy atom. The van der Waals surface area contributed by atoms with Crippen molar-refractivity contribution in [2.24, 2.45) is 21.6 Å². The van der Waals surface area contributed by atoms with Crippen LogP contribution >= 0.6 is 0 Å². The van der Waals surface area contributed by atoms with Crippen molar-refractivity contribution in [3.05, 3.63) is 168 Å². The predicted molar refractivity (Wildman–Crippen MR) is 292 cm³/mol. The maximum absolute atomic E-state index is 6.73. The van der Waals surface area contributed by atoms with Gasteiger partial charge in [-0.3, -0.25) is 0 Å². The summed E-state index contributed by atoms with van der Waals surface area (Å²) in [5.41, 5.74) is 13.5. The summed E-state index contributed by atoms with van der Waals surface area (Å²) >= 11 is 0. The second-order valence-corrected chi connectivity index (χ2v) is 18.1. The fourth-order valence-corrected chi connectivity index (χ4v) is 8.38. The van der Waals surface area contributed by atoms with Crippen molar-refractivity contribution < 1.29 is 18.9 Å². The first kappa shape index (κ1) is 54.0. The van der Waals surface area contributed by atoms with Gasteiger partial charge < -0.3 is 24.7 Å². The van der Waals surface area contributed by atoms with Crippen LogP contribution < -0.4 is 24.7 Å². The molecule has 1 atom stereocenters. The molecule has 0 saturated heterocycles. The zero-order valence-electron chi connectivity index (χ0n) is 42.4. The van der Waals surface area contributed by atoms with E-state index in [-0.39, 0.29) is 0 Å². The number of aliphatic imine (C=N–C) groups is 2. The average Bonchev–Trinajstić information content (AvgIpc) is 3.39. The predicted octanol–water partition coefficient (Wildman–Crippen LogP) is 16.1. The molecule has 0 bridgehead atoms. The molecule has 0 spiro atoms. The summed E-state index contributed by atoms with van der Waals surface area (Å²) in [7, 11) is 1.68. The summed E-state index contributed by atoms with van der Waals surface area (Å²) in [4.78, 5) is 10.4. The molecule has 0 heterocycles. The number of para-hydroxylation sites is 1. The Kier molecular flexibility index (Phi) is 25.1. The molecule has 0 aliphatic rings. The first-order valence-electron chi connectivity index (χ1n) is 26.0. The Morgan fingerprint density at radius 3 is 1.78 bits per heavy atom. The van der Waals surface area contributed by atoms with E-state index in [1.54, 1.807) is 7.11 Å². The first-order valence-corrected chi connectivity index (χ1v) is 26.0. The van der Waals surface area contributed by atoms with Gasteiger partial charge in [0.25, 0.3) is 0 Å². The third kappa shape index (κ3) is 19.2. The van der Waals surface area contributed by atoms with E-state index in [1.165, 1.54) is 68.1 Å². The number of ether oxygens (including phenoxy) is 4. The van der Waals surface area contributed by atoms with Crippen LogP contribution in [-0.4, -0.2) is 45.0 Å². The summed E-state index contributed by atoms with van der Waals surface area (Å²) in [5, 5.41) is 0. The van der Waals surface area contributed by atoms with Crippen LogP contribution in [0.3, 0.4) is 0 Å². The molecule has 0 aliphatic heterocycles. The maximum Gasteiger partial charge on any atom is 0.163 e. The Balaban J connectivity index is 1.31. The summed E-state index contributed by atoms with van der Waals surface area (Å²) in [6, 6.07) is 43.5. The fraction of sp³-hybridized carbons (Fsp3) is 0.419. The number of hydrogen-bond acceptors (Lipinski definition) is 6. The molecular weight excluding hydrogens is 851 g/mol. The van der Waals surface area contributed by atoms with Crippen LogP contribution in [0.4, 0.5) is 0 Å². The molecule has 0 saturated carbocycles. The van der Waals surface area contributed by atoms with Gasteiger partial charge >= 0.3 is 0 Å². The molecule has 0 aliphatic carbocycles. The number of nitrogens with two attached hydrogens (primary N) is 1. The van der Waals surface area contributed by atoms with Crippen molar-refractivity contribution in [3.63, 3.8) is 0 Å². The van der Waals surface area contributed by atoms with Crippen molar-refractivity contribution in [2.45, 2.75) is 130 Å². The number of methoxy groups -OCH3 is 1. The van der Waals surface area contributed by atoms with Crippen LogP contribution in [0.5, 0.6) is 23.0 Å². The zero-order chi connectivity index (χ0) is 48.7. The van der Waals surface area contributed by atoms with Gasteiger partial charge in [-0.2, -0.15) is 0 Å². The Morgan fingerprint density at radius 1 is 0.580 bits per heavy atom.